The zero-order valence-corrected chi connectivity index (χ0v) is 53.9. The van der Waals surface area contributed by atoms with Gasteiger partial charge < -0.3 is 14.2 Å². The van der Waals surface area contributed by atoms with Gasteiger partial charge in [0.05, 0.1) is 0 Å². The topological polar surface area (TPSA) is 78.9 Å². The van der Waals surface area contributed by atoms with Crippen molar-refractivity contribution >= 4 is 17.9 Å². The number of carbonyl (C=O) groups excluding carboxylic acids is 3. The summed E-state index contributed by atoms with van der Waals surface area (Å²) in [6, 6.07) is 0. The van der Waals surface area contributed by atoms with E-state index in [1.165, 1.54) is 263 Å². The molecule has 0 bridgehead atoms. The van der Waals surface area contributed by atoms with E-state index >= 15 is 0 Å². The Morgan fingerprint density at radius 1 is 0.250 bits per heavy atom. The highest BCUT2D eigenvalue weighted by Gasteiger charge is 2.19. The van der Waals surface area contributed by atoms with Crippen LogP contribution < -0.4 is 0 Å². The first kappa shape index (κ1) is 77.4. The van der Waals surface area contributed by atoms with Gasteiger partial charge in [0.15, 0.2) is 6.10 Å². The Morgan fingerprint density at radius 3 is 0.762 bits per heavy atom. The van der Waals surface area contributed by atoms with Crippen LogP contribution in [0.5, 0.6) is 0 Å². The number of carbonyl (C=O) groups is 3. The van der Waals surface area contributed by atoms with Crippen LogP contribution in [0.25, 0.3) is 0 Å². The quantitative estimate of drug-likeness (QED) is 0.0261. The van der Waals surface area contributed by atoms with E-state index in [0.29, 0.717) is 19.3 Å². The third kappa shape index (κ3) is 66.2. The third-order valence-corrected chi connectivity index (χ3v) is 16.0. The van der Waals surface area contributed by atoms with Gasteiger partial charge in [-0.15, -0.1) is 0 Å². The first-order valence-electron chi connectivity index (χ1n) is 35.6. The molecule has 0 aromatic heterocycles. The van der Waals surface area contributed by atoms with E-state index in [1.54, 1.807) is 0 Å². The molecule has 6 nitrogen and oxygen atoms in total. The number of ether oxygens (including phenoxy) is 3. The Labute approximate surface area is 498 Å². The summed E-state index contributed by atoms with van der Waals surface area (Å²) in [5.74, 6) is -0.856. The Hall–Kier alpha value is -2.63. The fourth-order valence-electron chi connectivity index (χ4n) is 10.7. The van der Waals surface area contributed by atoms with Crippen molar-refractivity contribution in [3.05, 3.63) is 48.6 Å². The molecule has 0 amide bonds. The van der Waals surface area contributed by atoms with Crippen LogP contribution in [0.15, 0.2) is 48.6 Å². The van der Waals surface area contributed by atoms with E-state index < -0.39 is 6.10 Å². The van der Waals surface area contributed by atoms with Crippen LogP contribution in [0, 0.1) is 0 Å². The summed E-state index contributed by atoms with van der Waals surface area (Å²) < 4.78 is 16.9. The largest absolute Gasteiger partial charge is 0.462 e. The lowest BCUT2D eigenvalue weighted by atomic mass is 10.0. The predicted molar refractivity (Wildman–Crippen MR) is 349 cm³/mol. The standard InChI is InChI=1S/C74H136O6/c1-4-7-10-13-16-19-22-24-26-28-30-31-32-33-34-35-36-37-38-39-40-41-42-43-45-46-48-50-52-55-58-61-64-67-73(76)79-70-71(69-78-72(75)66-63-60-57-54-21-18-15-12-9-6-3)80-74(77)68-65-62-59-56-53-51-49-47-44-29-27-25-23-20-17-14-11-8-5-2/h12,15,22,24,28,30,32-33,71H,4-11,13-14,16-21,23,25-27,29,31,34-70H2,1-3H3/b15-12-,24-22-,30-28-,33-32-. The molecular weight excluding hydrogens is 985 g/mol. The lowest BCUT2D eigenvalue weighted by Crippen LogP contribution is -2.30. The van der Waals surface area contributed by atoms with Gasteiger partial charge in [-0.3, -0.25) is 14.4 Å². The van der Waals surface area contributed by atoms with E-state index in [0.717, 1.165) is 83.5 Å². The summed E-state index contributed by atoms with van der Waals surface area (Å²) in [5, 5.41) is 0. The summed E-state index contributed by atoms with van der Waals surface area (Å²) >= 11 is 0. The number of hydrogen-bond acceptors (Lipinski definition) is 6. The molecule has 0 saturated carbocycles. The van der Waals surface area contributed by atoms with Gasteiger partial charge in [0.25, 0.3) is 0 Å². The fraction of sp³-hybridized carbons (Fsp3) is 0.851. The average Bonchev–Trinajstić information content (AvgIpc) is 3.46. The molecule has 0 aliphatic rings. The molecule has 0 aliphatic carbocycles. The third-order valence-electron chi connectivity index (χ3n) is 16.0. The summed E-state index contributed by atoms with van der Waals surface area (Å²) in [7, 11) is 0. The van der Waals surface area contributed by atoms with Crippen molar-refractivity contribution in [3.8, 4) is 0 Å². The molecule has 6 heteroatoms. The first-order valence-corrected chi connectivity index (χ1v) is 35.6. The summed E-state index contributed by atoms with van der Waals surface area (Å²) in [6.45, 7) is 6.62. The second kappa shape index (κ2) is 68.9. The molecule has 0 aromatic rings. The van der Waals surface area contributed by atoms with E-state index in [-0.39, 0.29) is 31.1 Å². The van der Waals surface area contributed by atoms with Gasteiger partial charge in [-0.05, 0) is 77.0 Å². The van der Waals surface area contributed by atoms with E-state index in [9.17, 15) is 14.4 Å². The molecule has 0 aromatic carbocycles. The van der Waals surface area contributed by atoms with Crippen molar-refractivity contribution in [1.29, 1.82) is 0 Å². The second-order valence-electron chi connectivity index (χ2n) is 24.1. The van der Waals surface area contributed by atoms with E-state index in [1.807, 2.05) is 0 Å². The molecule has 0 rings (SSSR count). The molecule has 0 saturated heterocycles. The molecule has 80 heavy (non-hydrogen) atoms. The highest BCUT2D eigenvalue weighted by Crippen LogP contribution is 2.18. The SMILES string of the molecule is CCC/C=C\CCCCCCCC(=O)OCC(COC(=O)CCCCCCCCCCCCCCCCCCCC/C=C\C/C=C\C/C=C\CCCCCCC)OC(=O)CCCCCCCCCCCCCCCCCCCCC. The van der Waals surface area contributed by atoms with Crippen molar-refractivity contribution in [2.24, 2.45) is 0 Å². The number of rotatable bonds is 66. The monoisotopic (exact) mass is 1120 g/mol. The minimum atomic E-state index is -0.773. The van der Waals surface area contributed by atoms with Crippen LogP contribution in [0.2, 0.25) is 0 Å². The van der Waals surface area contributed by atoms with Crippen molar-refractivity contribution in [2.75, 3.05) is 13.2 Å². The van der Waals surface area contributed by atoms with Crippen molar-refractivity contribution in [2.45, 2.75) is 393 Å². The number of allylic oxidation sites excluding steroid dienone is 8. The smallest absolute Gasteiger partial charge is 0.306 e. The Morgan fingerprint density at radius 2 is 0.475 bits per heavy atom. The molecule has 1 unspecified atom stereocenters. The number of hydrogen-bond donors (Lipinski definition) is 0. The van der Waals surface area contributed by atoms with Gasteiger partial charge in [0, 0.05) is 19.3 Å². The molecule has 1 atom stereocenters. The zero-order valence-electron chi connectivity index (χ0n) is 53.9. The van der Waals surface area contributed by atoms with Gasteiger partial charge in [0.2, 0.25) is 0 Å². The van der Waals surface area contributed by atoms with Crippen molar-refractivity contribution in [3.63, 3.8) is 0 Å². The molecule has 0 heterocycles. The van der Waals surface area contributed by atoms with Crippen LogP contribution in [0.1, 0.15) is 387 Å². The van der Waals surface area contributed by atoms with Crippen LogP contribution in [-0.4, -0.2) is 37.2 Å². The van der Waals surface area contributed by atoms with Crippen LogP contribution >= 0.6 is 0 Å². The van der Waals surface area contributed by atoms with Crippen molar-refractivity contribution in [1.82, 2.24) is 0 Å². The molecule has 0 spiro atoms. The lowest BCUT2D eigenvalue weighted by molar-refractivity contribution is -0.167. The van der Waals surface area contributed by atoms with Gasteiger partial charge >= 0.3 is 17.9 Å². The molecule has 0 fully saturated rings. The first-order chi connectivity index (χ1) is 39.5. The molecule has 0 N–H and O–H groups in total. The predicted octanol–water partition coefficient (Wildman–Crippen LogP) is 24.5. The van der Waals surface area contributed by atoms with Crippen LogP contribution in [0.4, 0.5) is 0 Å². The van der Waals surface area contributed by atoms with Crippen LogP contribution in [0.3, 0.4) is 0 Å². The maximum Gasteiger partial charge on any atom is 0.306 e. The minimum Gasteiger partial charge on any atom is -0.462 e. The summed E-state index contributed by atoms with van der Waals surface area (Å²) in [5.41, 5.74) is 0. The Kier molecular flexibility index (Phi) is 66.6. The minimum absolute atomic E-state index is 0.0701. The van der Waals surface area contributed by atoms with Crippen molar-refractivity contribution < 1.29 is 28.6 Å². The Bertz CT molecular complexity index is 1380. The van der Waals surface area contributed by atoms with Gasteiger partial charge in [-0.25, -0.2) is 0 Å². The van der Waals surface area contributed by atoms with E-state index in [4.69, 9.17) is 14.2 Å². The zero-order chi connectivity index (χ0) is 57.8. The number of unbranched alkanes of at least 4 members (excludes halogenated alkanes) is 47. The molecule has 0 radical (unpaired) electrons. The molecular formula is C74H136O6. The Balaban J connectivity index is 4.07. The average molecular weight is 1120 g/mol. The maximum absolute atomic E-state index is 12.9. The van der Waals surface area contributed by atoms with Crippen LogP contribution in [-0.2, 0) is 28.6 Å². The van der Waals surface area contributed by atoms with Gasteiger partial charge in [-0.1, -0.05) is 339 Å². The lowest BCUT2D eigenvalue weighted by Gasteiger charge is -2.18. The highest BCUT2D eigenvalue weighted by molar-refractivity contribution is 5.71. The summed E-state index contributed by atoms with van der Waals surface area (Å²) in [4.78, 5) is 38.3. The molecule has 0 aliphatic heterocycles. The van der Waals surface area contributed by atoms with E-state index in [2.05, 4.69) is 69.4 Å². The highest BCUT2D eigenvalue weighted by atomic mass is 16.6. The fourth-order valence-corrected chi connectivity index (χ4v) is 10.7. The molecule has 468 valence electrons. The second-order valence-corrected chi connectivity index (χ2v) is 24.1. The normalized spacial score (nSPS) is 12.3. The maximum atomic E-state index is 12.9. The van der Waals surface area contributed by atoms with Gasteiger partial charge in [-0.2, -0.15) is 0 Å². The number of esters is 3. The van der Waals surface area contributed by atoms with Gasteiger partial charge in [0.1, 0.15) is 13.2 Å². The summed E-state index contributed by atoms with van der Waals surface area (Å²) in [6.07, 6.45) is 87.3.